The van der Waals surface area contributed by atoms with Gasteiger partial charge in [-0.2, -0.15) is 0 Å². The van der Waals surface area contributed by atoms with Crippen molar-refractivity contribution in [3.8, 4) is 11.5 Å². The third kappa shape index (κ3) is 3.32. The molecule has 0 spiro atoms. The second-order valence-electron chi connectivity index (χ2n) is 4.34. The molecular weight excluding hydrogens is 335 g/mol. The average molecular weight is 345 g/mol. The van der Waals surface area contributed by atoms with E-state index in [2.05, 4.69) is 0 Å². The number of carbonyl (C=O) groups excluding carboxylic acids is 1. The smallest absolute Gasteiger partial charge is 0.231 e. The van der Waals surface area contributed by atoms with Crippen molar-refractivity contribution in [2.75, 3.05) is 13.4 Å². The SMILES string of the molecule is O=C(COCc1ccc2c(c1)OCO2)c1cc(Cl)sc1Cl. The highest BCUT2D eigenvalue weighted by Gasteiger charge is 2.15. The monoisotopic (exact) mass is 344 g/mol. The number of hydrogen-bond donors (Lipinski definition) is 0. The van der Waals surface area contributed by atoms with Gasteiger partial charge in [-0.25, -0.2) is 0 Å². The summed E-state index contributed by atoms with van der Waals surface area (Å²) in [5.41, 5.74) is 1.30. The Balaban J connectivity index is 1.56. The minimum atomic E-state index is -0.191. The minimum Gasteiger partial charge on any atom is -0.454 e. The number of ether oxygens (including phenoxy) is 3. The average Bonchev–Trinajstić information content (AvgIpc) is 3.04. The molecule has 0 atom stereocenters. The second-order valence-corrected chi connectivity index (χ2v) is 6.63. The molecule has 2 aromatic rings. The van der Waals surface area contributed by atoms with E-state index in [0.717, 1.165) is 22.6 Å². The Morgan fingerprint density at radius 3 is 2.81 bits per heavy atom. The van der Waals surface area contributed by atoms with E-state index >= 15 is 0 Å². The number of benzene rings is 1. The fraction of sp³-hybridized carbons (Fsp3) is 0.214. The van der Waals surface area contributed by atoms with Gasteiger partial charge in [0.15, 0.2) is 17.3 Å². The quantitative estimate of drug-likeness (QED) is 0.763. The summed E-state index contributed by atoms with van der Waals surface area (Å²) < 4.78 is 16.8. The molecule has 0 aliphatic carbocycles. The third-order valence-electron chi connectivity index (χ3n) is 2.90. The first-order valence-corrected chi connectivity index (χ1v) is 7.65. The Bertz CT molecular complexity index is 684. The predicted octanol–water partition coefficient (Wildman–Crippen LogP) is 4.18. The molecule has 0 unspecified atom stereocenters. The molecule has 0 saturated heterocycles. The maximum Gasteiger partial charge on any atom is 0.231 e. The van der Waals surface area contributed by atoms with E-state index in [1.807, 2.05) is 18.2 Å². The standard InChI is InChI=1S/C14H10Cl2O4S/c15-13-4-9(14(16)21-13)10(17)6-18-5-8-1-2-11-12(3-8)20-7-19-11/h1-4H,5-7H2. The lowest BCUT2D eigenvalue weighted by Gasteiger charge is -2.04. The van der Waals surface area contributed by atoms with Crippen LogP contribution in [-0.4, -0.2) is 19.2 Å². The third-order valence-corrected chi connectivity index (χ3v) is 4.38. The highest BCUT2D eigenvalue weighted by atomic mass is 35.5. The fourth-order valence-electron chi connectivity index (χ4n) is 1.90. The van der Waals surface area contributed by atoms with Gasteiger partial charge < -0.3 is 14.2 Å². The summed E-state index contributed by atoms with van der Waals surface area (Å²) in [6.45, 7) is 0.481. The van der Waals surface area contributed by atoms with Gasteiger partial charge in [0.1, 0.15) is 10.9 Å². The number of fused-ring (bicyclic) bond motifs is 1. The first kappa shape index (κ1) is 14.7. The van der Waals surface area contributed by atoms with Gasteiger partial charge >= 0.3 is 0 Å². The lowest BCUT2D eigenvalue weighted by atomic mass is 10.2. The molecule has 3 rings (SSSR count). The molecule has 1 aliphatic rings. The van der Waals surface area contributed by atoms with Crippen LogP contribution in [0.25, 0.3) is 0 Å². The van der Waals surface area contributed by atoms with E-state index in [-0.39, 0.29) is 19.2 Å². The van der Waals surface area contributed by atoms with E-state index in [1.54, 1.807) is 6.07 Å². The Kier molecular flexibility index (Phi) is 4.35. The Morgan fingerprint density at radius 2 is 2.05 bits per heavy atom. The highest BCUT2D eigenvalue weighted by molar-refractivity contribution is 7.20. The Labute approximate surface area is 135 Å². The van der Waals surface area contributed by atoms with Crippen LogP contribution in [-0.2, 0) is 11.3 Å². The first-order valence-electron chi connectivity index (χ1n) is 6.08. The zero-order valence-corrected chi connectivity index (χ0v) is 13.1. The molecule has 1 aromatic carbocycles. The van der Waals surface area contributed by atoms with Gasteiger partial charge in [-0.15, -0.1) is 11.3 Å². The summed E-state index contributed by atoms with van der Waals surface area (Å²) in [4.78, 5) is 12.0. The van der Waals surface area contributed by atoms with Crippen LogP contribution in [0.5, 0.6) is 11.5 Å². The Morgan fingerprint density at radius 1 is 1.24 bits per heavy atom. The molecule has 7 heteroatoms. The van der Waals surface area contributed by atoms with Gasteiger partial charge in [0, 0.05) is 0 Å². The largest absolute Gasteiger partial charge is 0.454 e. The van der Waals surface area contributed by atoms with E-state index in [1.165, 1.54) is 0 Å². The van der Waals surface area contributed by atoms with Crippen molar-refractivity contribution in [3.63, 3.8) is 0 Å². The van der Waals surface area contributed by atoms with Crippen molar-refractivity contribution in [1.82, 2.24) is 0 Å². The maximum atomic E-state index is 12.0. The lowest BCUT2D eigenvalue weighted by molar-refractivity contribution is 0.0727. The Hall–Kier alpha value is -1.27. The summed E-state index contributed by atoms with van der Waals surface area (Å²) in [7, 11) is 0. The number of Topliss-reactive ketones (excluding diaryl/α,β-unsaturated/α-hetero) is 1. The van der Waals surface area contributed by atoms with Crippen molar-refractivity contribution in [2.45, 2.75) is 6.61 Å². The van der Waals surface area contributed by atoms with Crippen molar-refractivity contribution in [3.05, 3.63) is 44.1 Å². The van der Waals surface area contributed by atoms with Crippen molar-refractivity contribution in [2.24, 2.45) is 0 Å². The fourth-order valence-corrected chi connectivity index (χ4v) is 3.40. The normalized spacial score (nSPS) is 12.7. The summed E-state index contributed by atoms with van der Waals surface area (Å²) >= 11 is 12.9. The number of ketones is 1. The van der Waals surface area contributed by atoms with E-state index in [9.17, 15) is 4.79 Å². The number of hydrogen-bond acceptors (Lipinski definition) is 5. The van der Waals surface area contributed by atoms with Crippen molar-refractivity contribution >= 4 is 40.3 Å². The summed E-state index contributed by atoms with van der Waals surface area (Å²) in [5, 5.41) is 0. The van der Waals surface area contributed by atoms with Gasteiger partial charge in [-0.05, 0) is 23.8 Å². The van der Waals surface area contributed by atoms with Crippen LogP contribution >= 0.6 is 34.5 Å². The molecule has 110 valence electrons. The molecule has 0 radical (unpaired) electrons. The zero-order chi connectivity index (χ0) is 14.8. The van der Waals surface area contributed by atoms with Gasteiger partial charge in [-0.3, -0.25) is 4.79 Å². The van der Waals surface area contributed by atoms with Crippen LogP contribution in [0.3, 0.4) is 0 Å². The molecule has 0 amide bonds. The second kappa shape index (κ2) is 6.23. The van der Waals surface area contributed by atoms with E-state index < -0.39 is 0 Å². The van der Waals surface area contributed by atoms with Crippen LogP contribution in [0.1, 0.15) is 15.9 Å². The molecule has 21 heavy (non-hydrogen) atoms. The van der Waals surface area contributed by atoms with E-state index in [0.29, 0.717) is 26.6 Å². The molecule has 1 aliphatic heterocycles. The minimum absolute atomic E-state index is 0.0543. The van der Waals surface area contributed by atoms with E-state index in [4.69, 9.17) is 37.4 Å². The zero-order valence-electron chi connectivity index (χ0n) is 10.7. The van der Waals surface area contributed by atoms with Crippen LogP contribution < -0.4 is 9.47 Å². The van der Waals surface area contributed by atoms with Crippen LogP contribution in [0, 0.1) is 0 Å². The van der Waals surface area contributed by atoms with Crippen LogP contribution in [0.2, 0.25) is 8.67 Å². The molecule has 0 N–H and O–H groups in total. The molecular formula is C14H10Cl2O4S. The van der Waals surface area contributed by atoms with Crippen LogP contribution in [0.4, 0.5) is 0 Å². The topological polar surface area (TPSA) is 44.8 Å². The molecule has 1 aromatic heterocycles. The molecule has 4 nitrogen and oxygen atoms in total. The first-order chi connectivity index (χ1) is 10.1. The number of rotatable bonds is 5. The number of halogens is 2. The number of carbonyl (C=O) groups is 1. The van der Waals surface area contributed by atoms with Crippen LogP contribution in [0.15, 0.2) is 24.3 Å². The summed E-state index contributed by atoms with van der Waals surface area (Å²) in [6, 6.07) is 7.08. The number of thiophene rings is 1. The van der Waals surface area contributed by atoms with Crippen molar-refractivity contribution in [1.29, 1.82) is 0 Å². The molecule has 0 bridgehead atoms. The van der Waals surface area contributed by atoms with Gasteiger partial charge in [0.05, 0.1) is 16.5 Å². The van der Waals surface area contributed by atoms with Gasteiger partial charge in [-0.1, -0.05) is 29.3 Å². The molecule has 0 saturated carbocycles. The summed E-state index contributed by atoms with van der Waals surface area (Å²) in [5.74, 6) is 1.22. The lowest BCUT2D eigenvalue weighted by Crippen LogP contribution is -2.08. The summed E-state index contributed by atoms with van der Waals surface area (Å²) in [6.07, 6.45) is 0. The molecule has 2 heterocycles. The predicted molar refractivity (Wildman–Crippen MR) is 80.9 cm³/mol. The van der Waals surface area contributed by atoms with Gasteiger partial charge in [0.2, 0.25) is 6.79 Å². The van der Waals surface area contributed by atoms with Crippen molar-refractivity contribution < 1.29 is 19.0 Å². The maximum absolute atomic E-state index is 12.0. The molecule has 0 fully saturated rings. The van der Waals surface area contributed by atoms with Gasteiger partial charge in [0.25, 0.3) is 0 Å². The highest BCUT2D eigenvalue weighted by Crippen LogP contribution is 2.33.